The summed E-state index contributed by atoms with van der Waals surface area (Å²) in [5.41, 5.74) is 0.873. The van der Waals surface area contributed by atoms with Gasteiger partial charge >= 0.3 is 6.36 Å². The maximum Gasteiger partial charge on any atom is 0.573 e. The van der Waals surface area contributed by atoms with E-state index in [1.165, 1.54) is 29.5 Å². The molecule has 5 rings (SSSR count). The van der Waals surface area contributed by atoms with Crippen molar-refractivity contribution >= 4 is 11.8 Å². The van der Waals surface area contributed by atoms with E-state index in [9.17, 15) is 22.8 Å². The van der Waals surface area contributed by atoms with E-state index in [0.29, 0.717) is 11.4 Å². The topological polar surface area (TPSA) is 115 Å². The summed E-state index contributed by atoms with van der Waals surface area (Å²) in [6.07, 6.45) is 2.80. The number of ether oxygens (including phenoxy) is 1. The van der Waals surface area contributed by atoms with Crippen LogP contribution in [-0.2, 0) is 0 Å². The van der Waals surface area contributed by atoms with Crippen molar-refractivity contribution in [2.24, 2.45) is 0 Å². The van der Waals surface area contributed by atoms with Gasteiger partial charge in [-0.15, -0.1) is 13.2 Å². The van der Waals surface area contributed by atoms with Crippen LogP contribution < -0.4 is 10.1 Å². The van der Waals surface area contributed by atoms with Crippen LogP contribution in [0.3, 0.4) is 0 Å². The fourth-order valence-electron chi connectivity index (χ4n) is 4.01. The Morgan fingerprint density at radius 3 is 2.49 bits per heavy atom. The van der Waals surface area contributed by atoms with E-state index in [-0.39, 0.29) is 34.9 Å². The molecular formula is C24H24F3N7O3. The fourth-order valence-corrected chi connectivity index (χ4v) is 4.01. The van der Waals surface area contributed by atoms with Gasteiger partial charge in [0.05, 0.1) is 18.4 Å². The first-order valence-electron chi connectivity index (χ1n) is 11.8. The minimum absolute atomic E-state index is 0.0454. The van der Waals surface area contributed by atoms with Crippen LogP contribution in [0.4, 0.5) is 13.2 Å². The van der Waals surface area contributed by atoms with Crippen LogP contribution in [0.5, 0.6) is 5.75 Å². The molecule has 0 saturated heterocycles. The molecule has 1 aromatic carbocycles. The largest absolute Gasteiger partial charge is 0.573 e. The number of carbonyl (C=O) groups excluding carboxylic acids is 2. The number of amides is 2. The molecule has 1 atom stereocenters. The van der Waals surface area contributed by atoms with Gasteiger partial charge in [0.1, 0.15) is 17.8 Å². The zero-order chi connectivity index (χ0) is 26.3. The first kappa shape index (κ1) is 24.7. The van der Waals surface area contributed by atoms with Gasteiger partial charge in [-0.3, -0.25) is 9.59 Å². The van der Waals surface area contributed by atoms with Gasteiger partial charge in [-0.2, -0.15) is 9.78 Å². The lowest BCUT2D eigenvalue weighted by Crippen LogP contribution is -2.30. The van der Waals surface area contributed by atoms with Gasteiger partial charge in [0.15, 0.2) is 11.6 Å². The lowest BCUT2D eigenvalue weighted by molar-refractivity contribution is -0.274. The number of halogens is 3. The molecule has 2 aliphatic carbocycles. The molecule has 2 aromatic heterocycles. The van der Waals surface area contributed by atoms with Crippen LogP contribution in [0.15, 0.2) is 36.9 Å². The average molecular weight is 515 g/mol. The van der Waals surface area contributed by atoms with Crippen molar-refractivity contribution in [1.29, 1.82) is 0 Å². The van der Waals surface area contributed by atoms with Gasteiger partial charge in [-0.05, 0) is 62.3 Å². The van der Waals surface area contributed by atoms with Crippen LogP contribution in [-0.4, -0.2) is 60.9 Å². The Kier molecular flexibility index (Phi) is 6.30. The first-order valence-corrected chi connectivity index (χ1v) is 11.8. The van der Waals surface area contributed by atoms with E-state index >= 15 is 0 Å². The third-order valence-corrected chi connectivity index (χ3v) is 6.27. The summed E-state index contributed by atoms with van der Waals surface area (Å²) in [5.74, 6) is -0.524. The molecule has 1 N–H and O–H groups in total. The van der Waals surface area contributed by atoms with Gasteiger partial charge in [0, 0.05) is 18.7 Å². The Morgan fingerprint density at radius 1 is 1.11 bits per heavy atom. The van der Waals surface area contributed by atoms with Crippen molar-refractivity contribution in [3.05, 3.63) is 59.6 Å². The van der Waals surface area contributed by atoms with Gasteiger partial charge < -0.3 is 15.0 Å². The van der Waals surface area contributed by atoms with Gasteiger partial charge in [-0.25, -0.2) is 15.0 Å². The highest BCUT2D eigenvalue weighted by Crippen LogP contribution is 2.42. The molecule has 194 valence electrons. The number of benzene rings is 1. The molecule has 2 heterocycles. The molecule has 0 radical (unpaired) electrons. The zero-order valence-electron chi connectivity index (χ0n) is 20.1. The Balaban J connectivity index is 1.32. The van der Waals surface area contributed by atoms with E-state index in [1.807, 2.05) is 0 Å². The van der Waals surface area contributed by atoms with Crippen LogP contribution in [0.1, 0.15) is 76.8 Å². The van der Waals surface area contributed by atoms with E-state index in [4.69, 9.17) is 0 Å². The van der Waals surface area contributed by atoms with Crippen LogP contribution in [0.2, 0.25) is 0 Å². The summed E-state index contributed by atoms with van der Waals surface area (Å²) >= 11 is 0. The number of carbonyl (C=O) groups is 2. The van der Waals surface area contributed by atoms with Crippen molar-refractivity contribution in [1.82, 2.24) is 34.9 Å². The number of aromatic nitrogens is 5. The minimum atomic E-state index is -4.87. The Morgan fingerprint density at radius 2 is 1.86 bits per heavy atom. The molecule has 0 aliphatic heterocycles. The highest BCUT2D eigenvalue weighted by atomic mass is 19.4. The second-order valence-electron chi connectivity index (χ2n) is 9.25. The predicted molar refractivity (Wildman–Crippen MR) is 123 cm³/mol. The molecule has 2 fully saturated rings. The Hall–Kier alpha value is -4.03. The monoisotopic (exact) mass is 515 g/mol. The lowest BCUT2D eigenvalue weighted by atomic mass is 10.1. The third-order valence-electron chi connectivity index (χ3n) is 6.27. The second-order valence-corrected chi connectivity index (χ2v) is 9.25. The number of hydrogen-bond acceptors (Lipinski definition) is 7. The highest BCUT2D eigenvalue weighted by molar-refractivity contribution is 5.95. The molecule has 0 bridgehead atoms. The van der Waals surface area contributed by atoms with E-state index in [1.54, 1.807) is 24.9 Å². The van der Waals surface area contributed by atoms with Crippen molar-refractivity contribution in [2.45, 2.75) is 57.0 Å². The molecule has 37 heavy (non-hydrogen) atoms. The van der Waals surface area contributed by atoms with Crippen LogP contribution >= 0.6 is 0 Å². The lowest BCUT2D eigenvalue weighted by Gasteiger charge is -2.17. The van der Waals surface area contributed by atoms with E-state index in [2.05, 4.69) is 30.1 Å². The maximum absolute atomic E-state index is 13.0. The summed E-state index contributed by atoms with van der Waals surface area (Å²) in [6, 6.07) is 3.51. The number of nitrogens with one attached hydrogen (secondary N) is 1. The quantitative estimate of drug-likeness (QED) is 0.488. The Bertz CT molecular complexity index is 1320. The van der Waals surface area contributed by atoms with Crippen molar-refractivity contribution in [3.63, 3.8) is 0 Å². The van der Waals surface area contributed by atoms with Gasteiger partial charge in [0.2, 0.25) is 0 Å². The fraction of sp³-hybridized carbons (Fsp3) is 0.417. The summed E-state index contributed by atoms with van der Waals surface area (Å²) in [5, 5.41) is 6.89. The van der Waals surface area contributed by atoms with E-state index in [0.717, 1.165) is 31.7 Å². The second kappa shape index (κ2) is 9.45. The molecule has 2 amide bonds. The normalized spacial score (nSPS) is 16.2. The zero-order valence-corrected chi connectivity index (χ0v) is 20.1. The standard InChI is InChI=1S/C24H24F3N7O3/c1-13(32-22(35)16-7-15(14-3-4-14)8-18(9-16)37-24(25,26)27)21-30-12-31-34(21)20-11-28-19(10-29-20)23(36)33(2)17-5-6-17/h7-14,17H,3-6H2,1-2H3,(H,32,35)/t13-/m0/s1. The maximum atomic E-state index is 13.0. The predicted octanol–water partition coefficient (Wildman–Crippen LogP) is 3.56. The molecule has 0 spiro atoms. The Labute approximate surface area is 209 Å². The number of alkyl halides is 3. The van der Waals surface area contributed by atoms with Crippen molar-refractivity contribution < 1.29 is 27.5 Å². The number of hydrogen-bond donors (Lipinski definition) is 1. The van der Waals surface area contributed by atoms with Crippen molar-refractivity contribution in [3.8, 4) is 11.6 Å². The molecule has 13 heteroatoms. The first-order chi connectivity index (χ1) is 17.6. The minimum Gasteiger partial charge on any atom is -0.406 e. The van der Waals surface area contributed by atoms with Crippen molar-refractivity contribution in [2.75, 3.05) is 7.05 Å². The van der Waals surface area contributed by atoms with Gasteiger partial charge in [0.25, 0.3) is 11.8 Å². The number of nitrogens with zero attached hydrogens (tertiary/aromatic N) is 6. The smallest absolute Gasteiger partial charge is 0.406 e. The van der Waals surface area contributed by atoms with E-state index < -0.39 is 24.1 Å². The molecule has 2 aliphatic rings. The van der Waals surface area contributed by atoms with Crippen LogP contribution in [0.25, 0.3) is 5.82 Å². The SMILES string of the molecule is C[C@H](NC(=O)c1cc(OC(F)(F)F)cc(C2CC2)c1)c1ncnn1-c1cnc(C(=O)N(C)C2CC2)cn1. The molecule has 0 unspecified atom stereocenters. The van der Waals surface area contributed by atoms with Crippen LogP contribution in [0, 0.1) is 0 Å². The molecular weight excluding hydrogens is 491 g/mol. The highest BCUT2D eigenvalue weighted by Gasteiger charge is 2.33. The number of rotatable bonds is 8. The summed E-state index contributed by atoms with van der Waals surface area (Å²) in [7, 11) is 1.73. The molecule has 2 saturated carbocycles. The van der Waals surface area contributed by atoms with Gasteiger partial charge in [-0.1, -0.05) is 0 Å². The summed E-state index contributed by atoms with van der Waals surface area (Å²) < 4.78 is 43.8. The summed E-state index contributed by atoms with van der Waals surface area (Å²) in [6.45, 7) is 1.66. The summed E-state index contributed by atoms with van der Waals surface area (Å²) in [4.78, 5) is 39.8. The third kappa shape index (κ3) is 5.70. The molecule has 10 nitrogen and oxygen atoms in total. The molecule has 3 aromatic rings. The average Bonchev–Trinajstić information content (AvgIpc) is 3.79.